The number of piperidine rings is 2. The molecule has 3 saturated heterocycles. The Morgan fingerprint density at radius 2 is 1.81 bits per heavy atom. The molecular weight excluding hydrogens is 576 g/mol. The molecule has 4 heterocycles. The van der Waals surface area contributed by atoms with E-state index in [-0.39, 0.29) is 35.1 Å². The summed E-state index contributed by atoms with van der Waals surface area (Å²) in [6.07, 6.45) is 9.91. The van der Waals surface area contributed by atoms with Crippen molar-refractivity contribution in [1.82, 2.24) is 19.1 Å². The van der Waals surface area contributed by atoms with Crippen LogP contribution < -0.4 is 0 Å². The van der Waals surface area contributed by atoms with E-state index in [4.69, 9.17) is 21.1 Å². The number of halogens is 1. The Morgan fingerprint density at radius 3 is 2.52 bits per heavy atom. The van der Waals surface area contributed by atoms with E-state index in [1.54, 1.807) is 31.3 Å². The molecule has 1 aromatic heterocycles. The molecule has 5 rings (SSSR count). The number of rotatable bonds is 11. The number of aryl methyl sites for hydroxylation is 1. The van der Waals surface area contributed by atoms with Crippen LogP contribution in [0.2, 0.25) is 5.02 Å². The fraction of sp³-hybridized carbons (Fsp3) is 0.613. The van der Waals surface area contributed by atoms with Crippen LogP contribution in [0, 0.1) is 6.92 Å². The highest BCUT2D eigenvalue weighted by atomic mass is 35.5. The molecule has 1 aromatic carbocycles. The number of nitrogens with zero attached hydrogens (tertiary/aromatic N) is 4. The predicted octanol–water partition coefficient (Wildman–Crippen LogP) is 4.23. The number of hydrogen-bond acceptors (Lipinski definition) is 7. The van der Waals surface area contributed by atoms with Gasteiger partial charge < -0.3 is 19.3 Å². The van der Waals surface area contributed by atoms with Gasteiger partial charge in [0.1, 0.15) is 11.5 Å². The quantitative estimate of drug-likeness (QED) is 0.372. The van der Waals surface area contributed by atoms with Crippen molar-refractivity contribution >= 4 is 27.5 Å². The number of likely N-dealkylation sites (tertiary alicyclic amines) is 2. The Kier molecular flexibility index (Phi) is 10.6. The largest absolute Gasteiger partial charge is 0.370 e. The SMILES string of the molecule is Cc1cccc(Cl)c1S(=O)(=O)N1CCCC[C@H]1COCC(=O)N1CCC(OCCN2CCCC2)(c2cccnc2)CC1. The number of ether oxygens (including phenoxy) is 2. The van der Waals surface area contributed by atoms with E-state index in [2.05, 4.69) is 16.0 Å². The molecule has 0 spiro atoms. The summed E-state index contributed by atoms with van der Waals surface area (Å²) in [7, 11) is -3.79. The number of aromatic nitrogens is 1. The van der Waals surface area contributed by atoms with Gasteiger partial charge in [-0.2, -0.15) is 4.31 Å². The second-order valence-electron chi connectivity index (χ2n) is 11.7. The number of carbonyl (C=O) groups is 1. The summed E-state index contributed by atoms with van der Waals surface area (Å²) < 4.78 is 41.2. The molecular formula is C31H43ClN4O5S. The fourth-order valence-corrected chi connectivity index (χ4v) is 9.00. The zero-order valence-corrected chi connectivity index (χ0v) is 26.1. The molecule has 42 heavy (non-hydrogen) atoms. The zero-order chi connectivity index (χ0) is 29.6. The van der Waals surface area contributed by atoms with Crippen LogP contribution in [0.5, 0.6) is 0 Å². The summed E-state index contributed by atoms with van der Waals surface area (Å²) in [6, 6.07) is 8.78. The van der Waals surface area contributed by atoms with Crippen LogP contribution >= 0.6 is 11.6 Å². The van der Waals surface area contributed by atoms with Gasteiger partial charge in [0, 0.05) is 50.2 Å². The van der Waals surface area contributed by atoms with E-state index < -0.39 is 15.6 Å². The molecule has 0 N–H and O–H groups in total. The molecule has 0 aliphatic carbocycles. The van der Waals surface area contributed by atoms with E-state index >= 15 is 0 Å². The first-order valence-corrected chi connectivity index (χ1v) is 17.0. The van der Waals surface area contributed by atoms with Crippen LogP contribution in [0.3, 0.4) is 0 Å². The average molecular weight is 619 g/mol. The van der Waals surface area contributed by atoms with Gasteiger partial charge in [-0.1, -0.05) is 36.2 Å². The normalized spacial score (nSPS) is 22.0. The smallest absolute Gasteiger partial charge is 0.248 e. The van der Waals surface area contributed by atoms with Gasteiger partial charge in [0.05, 0.1) is 23.8 Å². The molecule has 0 unspecified atom stereocenters. The lowest BCUT2D eigenvalue weighted by atomic mass is 9.85. The highest BCUT2D eigenvalue weighted by Gasteiger charge is 2.39. The van der Waals surface area contributed by atoms with Crippen molar-refractivity contribution in [1.29, 1.82) is 0 Å². The highest BCUT2D eigenvalue weighted by Crippen LogP contribution is 2.37. The number of sulfonamides is 1. The number of amides is 1. The Bertz CT molecular complexity index is 1280. The minimum Gasteiger partial charge on any atom is -0.370 e. The lowest BCUT2D eigenvalue weighted by Crippen LogP contribution is -2.49. The average Bonchev–Trinajstić information content (AvgIpc) is 3.51. The van der Waals surface area contributed by atoms with Gasteiger partial charge in [0.2, 0.25) is 15.9 Å². The Morgan fingerprint density at radius 1 is 1.05 bits per heavy atom. The van der Waals surface area contributed by atoms with E-state index in [9.17, 15) is 13.2 Å². The van der Waals surface area contributed by atoms with Crippen LogP contribution in [-0.4, -0.2) is 98.5 Å². The summed E-state index contributed by atoms with van der Waals surface area (Å²) in [5.74, 6) is -0.0842. The third kappa shape index (κ3) is 7.17. The Labute approximate surface area is 255 Å². The molecule has 3 aliphatic heterocycles. The molecule has 3 aliphatic rings. The van der Waals surface area contributed by atoms with E-state index in [1.165, 1.54) is 17.1 Å². The van der Waals surface area contributed by atoms with Gasteiger partial charge in [-0.05, 0) is 76.2 Å². The van der Waals surface area contributed by atoms with Gasteiger partial charge in [-0.15, -0.1) is 0 Å². The monoisotopic (exact) mass is 618 g/mol. The van der Waals surface area contributed by atoms with Crippen molar-refractivity contribution in [3.8, 4) is 0 Å². The summed E-state index contributed by atoms with van der Waals surface area (Å²) in [5, 5.41) is 0.225. The predicted molar refractivity (Wildman–Crippen MR) is 162 cm³/mol. The minimum absolute atomic E-state index is 0.0782. The topological polar surface area (TPSA) is 92.3 Å². The van der Waals surface area contributed by atoms with Crippen molar-refractivity contribution in [3.05, 3.63) is 58.9 Å². The Balaban J connectivity index is 1.15. The molecule has 0 radical (unpaired) electrons. The first kappa shape index (κ1) is 31.3. The van der Waals surface area contributed by atoms with Crippen molar-refractivity contribution in [2.75, 3.05) is 59.1 Å². The van der Waals surface area contributed by atoms with Crippen LogP contribution in [0.25, 0.3) is 0 Å². The minimum atomic E-state index is -3.79. The second-order valence-corrected chi connectivity index (χ2v) is 13.9. The van der Waals surface area contributed by atoms with Crippen LogP contribution in [-0.2, 0) is 29.9 Å². The van der Waals surface area contributed by atoms with Crippen LogP contribution in [0.15, 0.2) is 47.6 Å². The summed E-state index contributed by atoms with van der Waals surface area (Å²) >= 11 is 6.33. The molecule has 1 amide bonds. The number of hydrogen-bond donors (Lipinski definition) is 0. The fourth-order valence-electron chi connectivity index (χ4n) is 6.53. The molecule has 1 atom stereocenters. The van der Waals surface area contributed by atoms with Gasteiger partial charge in [0.25, 0.3) is 0 Å². The number of pyridine rings is 1. The summed E-state index contributed by atoms with van der Waals surface area (Å²) in [5.41, 5.74) is 1.22. The standard InChI is InChI=1S/C31H43ClN4O5S/c1-25-8-6-11-28(32)30(25)42(38,39)36-17-3-2-10-27(36)23-40-24-29(37)35-18-12-31(13-19-35,26-9-7-14-33-22-26)41-21-20-34-15-4-5-16-34/h6-9,11,14,22,27H,2-5,10,12-13,15-21,23-24H2,1H3/t27-/m0/s1. The van der Waals surface area contributed by atoms with E-state index in [0.29, 0.717) is 51.1 Å². The number of carbonyl (C=O) groups excluding carboxylic acids is 1. The zero-order valence-electron chi connectivity index (χ0n) is 24.5. The lowest BCUT2D eigenvalue weighted by Gasteiger charge is -2.42. The first-order valence-electron chi connectivity index (χ1n) is 15.2. The maximum Gasteiger partial charge on any atom is 0.248 e. The van der Waals surface area contributed by atoms with Crippen molar-refractivity contribution in [2.45, 2.75) is 68.4 Å². The summed E-state index contributed by atoms with van der Waals surface area (Å²) in [4.78, 5) is 21.9. The van der Waals surface area contributed by atoms with Gasteiger partial charge in [-0.3, -0.25) is 9.78 Å². The van der Waals surface area contributed by atoms with Crippen LogP contribution in [0.4, 0.5) is 0 Å². The van der Waals surface area contributed by atoms with E-state index in [1.807, 2.05) is 17.2 Å². The molecule has 0 saturated carbocycles. The molecule has 2 aromatic rings. The van der Waals surface area contributed by atoms with Gasteiger partial charge in [-0.25, -0.2) is 8.42 Å². The molecule has 3 fully saturated rings. The van der Waals surface area contributed by atoms with Crippen molar-refractivity contribution in [3.63, 3.8) is 0 Å². The maximum absolute atomic E-state index is 13.6. The lowest BCUT2D eigenvalue weighted by molar-refractivity contribution is -0.145. The Hall–Kier alpha value is -2.08. The second kappa shape index (κ2) is 14.1. The molecule has 0 bridgehead atoms. The van der Waals surface area contributed by atoms with E-state index in [0.717, 1.165) is 38.0 Å². The third-order valence-corrected chi connectivity index (χ3v) is 11.5. The van der Waals surface area contributed by atoms with Crippen molar-refractivity contribution < 1.29 is 22.7 Å². The third-order valence-electron chi connectivity index (χ3n) is 8.94. The molecule has 9 nitrogen and oxygen atoms in total. The maximum atomic E-state index is 13.6. The summed E-state index contributed by atoms with van der Waals surface area (Å²) in [6.45, 7) is 7.23. The highest BCUT2D eigenvalue weighted by molar-refractivity contribution is 7.89. The van der Waals surface area contributed by atoms with Crippen LogP contribution in [0.1, 0.15) is 56.1 Å². The van der Waals surface area contributed by atoms with Gasteiger partial charge in [0.15, 0.2) is 0 Å². The molecule has 11 heteroatoms. The van der Waals surface area contributed by atoms with Gasteiger partial charge >= 0.3 is 0 Å². The molecule has 230 valence electrons. The first-order chi connectivity index (χ1) is 20.3. The van der Waals surface area contributed by atoms with Crippen molar-refractivity contribution in [2.24, 2.45) is 0 Å². The number of benzene rings is 1.